The lowest BCUT2D eigenvalue weighted by Gasteiger charge is -2.35. The Kier molecular flexibility index (Phi) is 4.45. The van der Waals surface area contributed by atoms with E-state index in [-0.39, 0.29) is 17.9 Å². The van der Waals surface area contributed by atoms with E-state index in [1.54, 1.807) is 0 Å². The summed E-state index contributed by atoms with van der Waals surface area (Å²) in [6.45, 7) is 0. The van der Waals surface area contributed by atoms with Gasteiger partial charge in [0.25, 0.3) is 0 Å². The smallest absolute Gasteiger partial charge is 0.0410 e. The molecule has 2 rings (SSSR count). The van der Waals surface area contributed by atoms with E-state index in [0.29, 0.717) is 5.38 Å². The van der Waals surface area contributed by atoms with Crippen molar-refractivity contribution in [3.63, 3.8) is 0 Å². The van der Waals surface area contributed by atoms with Crippen molar-refractivity contribution in [2.75, 3.05) is 0 Å². The van der Waals surface area contributed by atoms with Crippen LogP contribution in [-0.4, -0.2) is 5.38 Å². The van der Waals surface area contributed by atoms with Crippen LogP contribution in [0.2, 0.25) is 0 Å². The van der Waals surface area contributed by atoms with Gasteiger partial charge in [0.15, 0.2) is 0 Å². The molecule has 1 aliphatic carbocycles. The molecule has 0 unspecified atom stereocenters. The zero-order chi connectivity index (χ0) is 10.0. The molecule has 3 heteroatoms. The number of hydrogen-bond acceptors (Lipinski definition) is 1. The maximum atomic E-state index is 6.38. The summed E-state index contributed by atoms with van der Waals surface area (Å²) < 4.78 is 0. The highest BCUT2D eigenvalue weighted by atomic mass is 35.5. The number of alkyl halides is 1. The number of hydrogen-bond donors (Lipinski definition) is 1. The van der Waals surface area contributed by atoms with E-state index < -0.39 is 0 Å². The normalized spacial score (nSPS) is 30.7. The van der Waals surface area contributed by atoms with Crippen molar-refractivity contribution in [1.29, 1.82) is 0 Å². The second kappa shape index (κ2) is 5.20. The van der Waals surface area contributed by atoms with Crippen molar-refractivity contribution in [2.45, 2.75) is 36.6 Å². The summed E-state index contributed by atoms with van der Waals surface area (Å²) in [7, 11) is 0. The number of benzene rings is 1. The molecule has 0 saturated heterocycles. The van der Waals surface area contributed by atoms with Gasteiger partial charge in [-0.2, -0.15) is 0 Å². The van der Waals surface area contributed by atoms with Crippen LogP contribution in [0.1, 0.15) is 31.2 Å². The van der Waals surface area contributed by atoms with Crippen molar-refractivity contribution in [3.8, 4) is 0 Å². The first-order chi connectivity index (χ1) is 6.71. The Balaban J connectivity index is 0.00000112. The Hall–Kier alpha value is -0.240. The van der Waals surface area contributed by atoms with Gasteiger partial charge in [-0.1, -0.05) is 30.3 Å². The zero-order valence-corrected chi connectivity index (χ0v) is 10.2. The Labute approximate surface area is 102 Å². The molecule has 0 atom stereocenters. The molecule has 0 spiro atoms. The topological polar surface area (TPSA) is 26.0 Å². The molecule has 0 radical (unpaired) electrons. The molecule has 0 bridgehead atoms. The van der Waals surface area contributed by atoms with Gasteiger partial charge in [-0.3, -0.25) is 0 Å². The highest BCUT2D eigenvalue weighted by Crippen LogP contribution is 2.36. The summed E-state index contributed by atoms with van der Waals surface area (Å²) in [5, 5.41) is 0.329. The first-order valence-electron chi connectivity index (χ1n) is 5.19. The van der Waals surface area contributed by atoms with E-state index in [9.17, 15) is 0 Å². The van der Waals surface area contributed by atoms with Crippen molar-refractivity contribution < 1.29 is 0 Å². The van der Waals surface area contributed by atoms with Crippen LogP contribution in [-0.2, 0) is 5.54 Å². The Morgan fingerprint density at radius 1 is 1.13 bits per heavy atom. The summed E-state index contributed by atoms with van der Waals surface area (Å²) in [6.07, 6.45) is 4.08. The lowest BCUT2D eigenvalue weighted by Crippen LogP contribution is -2.40. The monoisotopic (exact) mass is 245 g/mol. The van der Waals surface area contributed by atoms with Gasteiger partial charge in [-0.15, -0.1) is 24.0 Å². The van der Waals surface area contributed by atoms with Crippen LogP contribution >= 0.6 is 24.0 Å². The van der Waals surface area contributed by atoms with Crippen LogP contribution in [0.25, 0.3) is 0 Å². The summed E-state index contributed by atoms with van der Waals surface area (Å²) in [5.74, 6) is 0. The van der Waals surface area contributed by atoms with Gasteiger partial charge in [0.2, 0.25) is 0 Å². The van der Waals surface area contributed by atoms with Crippen LogP contribution in [0, 0.1) is 0 Å². The van der Waals surface area contributed by atoms with Crippen LogP contribution in [0.3, 0.4) is 0 Å². The van der Waals surface area contributed by atoms with Gasteiger partial charge in [-0.05, 0) is 31.2 Å². The molecule has 84 valence electrons. The zero-order valence-electron chi connectivity index (χ0n) is 8.66. The van der Waals surface area contributed by atoms with E-state index >= 15 is 0 Å². The molecule has 2 N–H and O–H groups in total. The lowest BCUT2D eigenvalue weighted by atomic mass is 9.77. The third-order valence-electron chi connectivity index (χ3n) is 3.16. The molecule has 0 heterocycles. The van der Waals surface area contributed by atoms with Crippen molar-refractivity contribution in [1.82, 2.24) is 0 Å². The molecule has 1 aliphatic rings. The summed E-state index contributed by atoms with van der Waals surface area (Å²) >= 11 is 6.08. The van der Waals surface area contributed by atoms with Crippen molar-refractivity contribution >= 4 is 24.0 Å². The third-order valence-corrected chi connectivity index (χ3v) is 3.59. The Morgan fingerprint density at radius 3 is 2.20 bits per heavy atom. The fourth-order valence-electron chi connectivity index (χ4n) is 2.16. The van der Waals surface area contributed by atoms with Crippen LogP contribution < -0.4 is 5.73 Å². The van der Waals surface area contributed by atoms with Crippen LogP contribution in [0.4, 0.5) is 0 Å². The molecule has 15 heavy (non-hydrogen) atoms. The number of halogens is 2. The van der Waals surface area contributed by atoms with E-state index in [1.165, 1.54) is 5.56 Å². The van der Waals surface area contributed by atoms with Crippen LogP contribution in [0.15, 0.2) is 30.3 Å². The van der Waals surface area contributed by atoms with Crippen molar-refractivity contribution in [3.05, 3.63) is 35.9 Å². The fourth-order valence-corrected chi connectivity index (χ4v) is 2.37. The lowest BCUT2D eigenvalue weighted by molar-refractivity contribution is 0.306. The van der Waals surface area contributed by atoms with Gasteiger partial charge in [0.1, 0.15) is 0 Å². The SMILES string of the molecule is Cl.NC1(c2ccccc2)CCC(Cl)CC1. The molecular weight excluding hydrogens is 229 g/mol. The number of nitrogens with two attached hydrogens (primary N) is 1. The molecular formula is C12H17Cl2N. The summed E-state index contributed by atoms with van der Waals surface area (Å²) in [5.41, 5.74) is 7.50. The maximum Gasteiger partial charge on any atom is 0.0410 e. The largest absolute Gasteiger partial charge is 0.321 e. The second-order valence-electron chi connectivity index (χ2n) is 4.20. The predicted molar refractivity (Wildman–Crippen MR) is 67.7 cm³/mol. The summed E-state index contributed by atoms with van der Waals surface area (Å²) in [6, 6.07) is 10.4. The molecule has 0 aliphatic heterocycles. The standard InChI is InChI=1S/C12H16ClN.ClH/c13-11-6-8-12(14,9-7-11)10-4-2-1-3-5-10;/h1-5,11H,6-9,14H2;1H. The van der Waals surface area contributed by atoms with E-state index in [2.05, 4.69) is 24.3 Å². The summed E-state index contributed by atoms with van der Waals surface area (Å²) in [4.78, 5) is 0. The number of rotatable bonds is 1. The van der Waals surface area contributed by atoms with E-state index in [4.69, 9.17) is 17.3 Å². The minimum Gasteiger partial charge on any atom is -0.321 e. The minimum absolute atomic E-state index is 0. The maximum absolute atomic E-state index is 6.38. The quantitative estimate of drug-likeness (QED) is 0.754. The van der Waals surface area contributed by atoms with Gasteiger partial charge in [0, 0.05) is 10.9 Å². The molecule has 1 saturated carbocycles. The van der Waals surface area contributed by atoms with Gasteiger partial charge in [0.05, 0.1) is 0 Å². The molecule has 1 nitrogen and oxygen atoms in total. The fraction of sp³-hybridized carbons (Fsp3) is 0.500. The highest BCUT2D eigenvalue weighted by Gasteiger charge is 2.32. The predicted octanol–water partition coefficient (Wildman–Crippen LogP) is 3.44. The molecule has 1 fully saturated rings. The first-order valence-corrected chi connectivity index (χ1v) is 5.63. The highest BCUT2D eigenvalue weighted by molar-refractivity contribution is 6.20. The molecule has 1 aromatic carbocycles. The minimum atomic E-state index is -0.132. The van der Waals surface area contributed by atoms with Gasteiger partial charge >= 0.3 is 0 Å². The third kappa shape index (κ3) is 2.87. The average molecular weight is 246 g/mol. The van der Waals surface area contributed by atoms with Gasteiger partial charge < -0.3 is 5.73 Å². The Morgan fingerprint density at radius 2 is 1.67 bits per heavy atom. The van der Waals surface area contributed by atoms with Crippen LogP contribution in [0.5, 0.6) is 0 Å². The molecule has 1 aromatic rings. The van der Waals surface area contributed by atoms with E-state index in [1.807, 2.05) is 6.07 Å². The second-order valence-corrected chi connectivity index (χ2v) is 4.81. The first kappa shape index (κ1) is 12.8. The molecule has 0 aromatic heterocycles. The van der Waals surface area contributed by atoms with E-state index in [0.717, 1.165) is 25.7 Å². The average Bonchev–Trinajstić information content (AvgIpc) is 2.24. The van der Waals surface area contributed by atoms with Crippen molar-refractivity contribution in [2.24, 2.45) is 5.73 Å². The molecule has 0 amide bonds. The van der Waals surface area contributed by atoms with Gasteiger partial charge in [-0.25, -0.2) is 0 Å². The Bertz CT molecular complexity index is 292.